The Morgan fingerprint density at radius 3 is 0.929 bits per heavy atom. The predicted molar refractivity (Wildman–Crippen MR) is 525 cm³/mol. The number of allylic oxidation sites excluding steroid dienone is 6. The van der Waals surface area contributed by atoms with Crippen LogP contribution in [-0.2, 0) is 36.5 Å². The van der Waals surface area contributed by atoms with Gasteiger partial charge in [0.05, 0.1) is 63.2 Å². The van der Waals surface area contributed by atoms with Gasteiger partial charge in [0.25, 0.3) is 0 Å². The van der Waals surface area contributed by atoms with E-state index in [4.69, 9.17) is 17.5 Å². The number of benzene rings is 8. The predicted octanol–water partition coefficient (Wildman–Crippen LogP) is 30.9. The van der Waals surface area contributed by atoms with E-state index >= 15 is 0 Å². The second-order valence-electron chi connectivity index (χ2n) is 34.5. The number of ketones is 2. The molecular formula is C110H100N8O2S6. The van der Waals surface area contributed by atoms with Crippen molar-refractivity contribution in [2.75, 3.05) is 0 Å². The monoisotopic (exact) mass is 1760 g/mol. The van der Waals surface area contributed by atoms with Crippen LogP contribution in [0.5, 0.6) is 0 Å². The summed E-state index contributed by atoms with van der Waals surface area (Å²) in [6, 6.07) is 75.3. The lowest BCUT2D eigenvalue weighted by atomic mass is 9.67. The van der Waals surface area contributed by atoms with Crippen LogP contribution >= 0.6 is 68.8 Å². The molecule has 10 nitrogen and oxygen atoms in total. The maximum atomic E-state index is 14.5. The van der Waals surface area contributed by atoms with Crippen molar-refractivity contribution in [3.05, 3.63) is 304 Å². The normalized spacial score (nSPS) is 14.4. The van der Waals surface area contributed by atoms with Crippen molar-refractivity contribution in [1.82, 2.24) is 17.5 Å². The lowest BCUT2D eigenvalue weighted by Crippen LogP contribution is -2.29. The van der Waals surface area contributed by atoms with Crippen LogP contribution in [0.2, 0.25) is 0 Å². The Morgan fingerprint density at radius 2 is 0.619 bits per heavy atom. The van der Waals surface area contributed by atoms with Gasteiger partial charge in [-0.2, -0.15) is 38.5 Å². The van der Waals surface area contributed by atoms with Crippen LogP contribution in [0.15, 0.2) is 204 Å². The smallest absolute Gasteiger partial charge is 0.194 e. The molecule has 6 heterocycles. The Bertz CT molecular complexity index is 6260. The molecule has 0 spiro atoms. The van der Waals surface area contributed by atoms with Crippen molar-refractivity contribution < 1.29 is 9.59 Å². The van der Waals surface area contributed by atoms with Gasteiger partial charge in [0.15, 0.2) is 11.6 Å². The first-order valence-corrected chi connectivity index (χ1v) is 50.4. The largest absolute Gasteiger partial charge is 0.289 e. The van der Waals surface area contributed by atoms with E-state index in [-0.39, 0.29) is 33.9 Å². The average Bonchev–Trinajstić information content (AvgIpc) is 1.48. The Labute approximate surface area is 764 Å². The number of fused-ring (bicyclic) bond motifs is 13. The van der Waals surface area contributed by atoms with E-state index in [1.54, 1.807) is 24.3 Å². The van der Waals surface area contributed by atoms with Gasteiger partial charge >= 0.3 is 0 Å². The summed E-state index contributed by atoms with van der Waals surface area (Å²) < 4.78 is 22.9. The number of nitriles is 4. The molecule has 4 aliphatic carbocycles. The van der Waals surface area contributed by atoms with Gasteiger partial charge in [0.2, 0.25) is 0 Å². The van der Waals surface area contributed by atoms with E-state index in [1.807, 2.05) is 93.9 Å². The number of Topliss-reactive ketones (excluding diaryl/α,β-unsaturated/α-hetero) is 2. The molecule has 0 N–H and O–H groups in total. The molecule has 6 aromatic heterocycles. The number of aryl methyl sites for hydroxylation is 4. The molecule has 0 fully saturated rings. The highest BCUT2D eigenvalue weighted by Gasteiger charge is 2.56. The number of nitrogens with zero attached hydrogens (tertiary/aromatic N) is 8. The molecule has 0 bridgehead atoms. The van der Waals surface area contributed by atoms with Gasteiger partial charge in [0, 0.05) is 76.6 Å². The fourth-order valence-corrected chi connectivity index (χ4v) is 27.3. The quantitative estimate of drug-likeness (QED) is 0.0208. The first-order chi connectivity index (χ1) is 62.0. The van der Waals surface area contributed by atoms with Crippen molar-refractivity contribution in [2.24, 2.45) is 0 Å². The summed E-state index contributed by atoms with van der Waals surface area (Å²) in [6.07, 6.45) is 37.1. The van der Waals surface area contributed by atoms with Gasteiger partial charge in [-0.15, -0.1) is 45.3 Å². The summed E-state index contributed by atoms with van der Waals surface area (Å²) in [6.45, 7) is 9.14. The molecule has 18 rings (SSSR count). The minimum atomic E-state index is -0.826. The minimum absolute atomic E-state index is 0.116. The number of carbonyl (C=O) groups excluding carboxylic acids is 2. The molecule has 0 atom stereocenters. The van der Waals surface area contributed by atoms with E-state index < -0.39 is 10.8 Å². The standard InChI is InChI=1S/C110H100N8O2S6/c1-5-9-13-17-21-25-33-69-41-51-77(52-42-69)109(78-53-43-70(44-54-78)34-26-22-18-14-10-6-2)89-63-91(85-59-49-73(97-99(85)117-125-115-97)61-87-93(75(65-111)66-112)81-37-29-31-39-83(81)101(87)119)121-103(89)105-95(109)107-108(123-105)96-106(124-107)104-90(110(96,79-55-45-71(46-56-79)35-27-23-19-15-11-7-3)80-57-47-72(48-58-80)36-28-24-20-16-12-8-4)64-92(122-104)86-60-50-74(98-100(86)118-126-116-98)62-88-94(76(67-113)68-114)82-38-30-32-40-84(82)102(88)120/h29-32,37-64H,5-28,33-36H2,1-4H3/b87-61-,88-62-. The van der Waals surface area contributed by atoms with Crippen molar-refractivity contribution >= 4 is 135 Å². The lowest BCUT2D eigenvalue weighted by Gasteiger charge is -2.34. The topological polar surface area (TPSA) is 181 Å². The van der Waals surface area contributed by atoms with E-state index in [2.05, 4.69) is 173 Å². The number of hydrogen-bond acceptors (Lipinski definition) is 16. The van der Waals surface area contributed by atoms with Crippen LogP contribution in [0.4, 0.5) is 0 Å². The van der Waals surface area contributed by atoms with Crippen LogP contribution in [0.3, 0.4) is 0 Å². The maximum absolute atomic E-state index is 14.5. The van der Waals surface area contributed by atoms with Gasteiger partial charge in [-0.25, -0.2) is 0 Å². The molecule has 0 amide bonds. The van der Waals surface area contributed by atoms with Crippen molar-refractivity contribution in [2.45, 2.75) is 218 Å². The maximum Gasteiger partial charge on any atom is 0.194 e. The number of unbranched alkanes of at least 4 members (excludes halogenated alkanes) is 20. The van der Waals surface area contributed by atoms with Crippen LogP contribution < -0.4 is 0 Å². The molecule has 0 saturated carbocycles. The van der Waals surface area contributed by atoms with Crippen molar-refractivity contribution in [1.29, 1.82) is 21.0 Å². The molecule has 0 saturated heterocycles. The molecule has 0 radical (unpaired) electrons. The fourth-order valence-electron chi connectivity index (χ4n) is 20.2. The molecule has 8 aromatic carbocycles. The Kier molecular flexibility index (Phi) is 25.9. The molecule has 4 aliphatic rings. The molecule has 16 heteroatoms. The van der Waals surface area contributed by atoms with Crippen molar-refractivity contribution in [3.8, 4) is 64.7 Å². The third kappa shape index (κ3) is 15.6. The molecule has 0 unspecified atom stereocenters. The van der Waals surface area contributed by atoms with Crippen molar-refractivity contribution in [3.63, 3.8) is 0 Å². The number of thiophene rings is 4. The van der Waals surface area contributed by atoms with Gasteiger partial charge < -0.3 is 0 Å². The Balaban J connectivity index is 0.864. The average molecular weight is 1760 g/mol. The summed E-state index contributed by atoms with van der Waals surface area (Å²) in [5.41, 5.74) is 22.7. The first-order valence-electron chi connectivity index (χ1n) is 45.6. The third-order valence-electron chi connectivity index (χ3n) is 26.7. The first kappa shape index (κ1) is 85.5. The fraction of sp³-hybridized carbons (Fsp3) is 0.309. The molecular weight excluding hydrogens is 1660 g/mol. The molecule has 126 heavy (non-hydrogen) atoms. The molecule has 14 aromatic rings. The third-order valence-corrected chi connectivity index (χ3v) is 32.9. The number of aromatic nitrogens is 4. The van der Waals surface area contributed by atoms with E-state index in [0.717, 1.165) is 95.7 Å². The summed E-state index contributed by atoms with van der Waals surface area (Å²) in [5, 5.41) is 41.5. The zero-order valence-electron chi connectivity index (χ0n) is 72.1. The second-order valence-corrected chi connectivity index (χ2v) is 39.7. The van der Waals surface area contributed by atoms with Gasteiger partial charge in [-0.05, 0) is 142 Å². The highest BCUT2D eigenvalue weighted by Crippen LogP contribution is 2.71. The Hall–Kier alpha value is -11.3. The Morgan fingerprint density at radius 1 is 0.325 bits per heavy atom. The van der Waals surface area contributed by atoms with Crippen LogP contribution in [0, 0.1) is 45.3 Å². The lowest BCUT2D eigenvalue weighted by molar-refractivity contribution is 0.103. The summed E-state index contributed by atoms with van der Waals surface area (Å²) in [4.78, 5) is 36.1. The number of carbonyl (C=O) groups is 2. The van der Waals surface area contributed by atoms with E-state index in [0.29, 0.717) is 66.6 Å². The van der Waals surface area contributed by atoms with Crippen LogP contribution in [0.25, 0.3) is 95.2 Å². The number of hydrogen-bond donors (Lipinski definition) is 0. The van der Waals surface area contributed by atoms with Gasteiger partial charge in [-0.3, -0.25) is 9.59 Å². The highest BCUT2D eigenvalue weighted by molar-refractivity contribution is 7.35. The summed E-state index contributed by atoms with van der Waals surface area (Å²) >= 11 is 9.88. The SMILES string of the molecule is CCCCCCCCc1ccc(C2(c3ccc(CCCCCCCC)cc3)c3cc(-c4ccc(/C=C5\C(=O)c6ccccc6C5=C(C#N)C#N)c5nsnc45)sc3-c3sc4c5c(sc4c32)-c2sc(-c3ccc(/C=C4\C(=O)c6ccccc6C4=C(C#N)C#N)c4nsnc34)cc2C5(c2ccc(CCCCCCCC)cc2)c2ccc(CCCCCCCC)cc2)cc1. The van der Waals surface area contributed by atoms with Gasteiger partial charge in [0.1, 0.15) is 57.5 Å². The van der Waals surface area contributed by atoms with E-state index in [1.165, 1.54) is 224 Å². The van der Waals surface area contributed by atoms with Gasteiger partial charge in [-0.1, -0.05) is 326 Å². The second kappa shape index (κ2) is 38.1. The van der Waals surface area contributed by atoms with Crippen LogP contribution in [0.1, 0.15) is 292 Å². The van der Waals surface area contributed by atoms with E-state index in [9.17, 15) is 30.6 Å². The minimum Gasteiger partial charge on any atom is -0.289 e. The summed E-state index contributed by atoms with van der Waals surface area (Å²) in [7, 11) is 0. The zero-order valence-corrected chi connectivity index (χ0v) is 77.0. The number of rotatable bonds is 36. The van der Waals surface area contributed by atoms with Crippen LogP contribution in [-0.4, -0.2) is 29.1 Å². The molecule has 628 valence electrons. The highest BCUT2D eigenvalue weighted by atomic mass is 32.1. The summed E-state index contributed by atoms with van der Waals surface area (Å²) in [5.74, 6) is -0.487. The zero-order chi connectivity index (χ0) is 86.4. The molecule has 0 aliphatic heterocycles.